The summed E-state index contributed by atoms with van der Waals surface area (Å²) < 4.78 is 26.9. The SMILES string of the molecule is CNC1CCN(S(=O)(=O)c2cc(C(C)C)ccc2Cl)C1. The van der Waals surface area contributed by atoms with Gasteiger partial charge in [0.2, 0.25) is 10.0 Å². The van der Waals surface area contributed by atoms with Gasteiger partial charge in [0.15, 0.2) is 0 Å². The second kappa shape index (κ2) is 6.02. The predicted molar refractivity (Wildman–Crippen MR) is 81.8 cm³/mol. The summed E-state index contributed by atoms with van der Waals surface area (Å²) in [7, 11) is -1.65. The van der Waals surface area contributed by atoms with Crippen LogP contribution in [0.2, 0.25) is 5.02 Å². The minimum absolute atomic E-state index is 0.219. The van der Waals surface area contributed by atoms with Gasteiger partial charge in [-0.15, -0.1) is 0 Å². The van der Waals surface area contributed by atoms with Crippen LogP contribution in [0.15, 0.2) is 23.1 Å². The lowest BCUT2D eigenvalue weighted by Crippen LogP contribution is -2.33. The van der Waals surface area contributed by atoms with E-state index in [9.17, 15) is 8.42 Å². The van der Waals surface area contributed by atoms with Gasteiger partial charge in [-0.05, 0) is 37.1 Å². The van der Waals surface area contributed by atoms with E-state index in [0.29, 0.717) is 18.1 Å². The van der Waals surface area contributed by atoms with E-state index in [1.807, 2.05) is 27.0 Å². The van der Waals surface area contributed by atoms with Gasteiger partial charge in [0.05, 0.1) is 5.02 Å². The molecule has 1 heterocycles. The van der Waals surface area contributed by atoms with Gasteiger partial charge in [0, 0.05) is 19.1 Å². The van der Waals surface area contributed by atoms with Gasteiger partial charge in [-0.3, -0.25) is 0 Å². The van der Waals surface area contributed by atoms with Crippen molar-refractivity contribution in [3.05, 3.63) is 28.8 Å². The van der Waals surface area contributed by atoms with E-state index in [-0.39, 0.29) is 16.9 Å². The van der Waals surface area contributed by atoms with Gasteiger partial charge in [-0.2, -0.15) is 4.31 Å². The molecule has 1 aliphatic rings. The molecule has 20 heavy (non-hydrogen) atoms. The molecule has 0 spiro atoms. The van der Waals surface area contributed by atoms with Gasteiger partial charge in [-0.1, -0.05) is 31.5 Å². The normalized spacial score (nSPS) is 20.8. The summed E-state index contributed by atoms with van der Waals surface area (Å²) in [6, 6.07) is 5.48. The fraction of sp³-hybridized carbons (Fsp3) is 0.571. The maximum absolute atomic E-state index is 12.7. The summed E-state index contributed by atoms with van der Waals surface area (Å²) in [6.07, 6.45) is 0.831. The van der Waals surface area contributed by atoms with Crippen molar-refractivity contribution in [3.63, 3.8) is 0 Å². The third kappa shape index (κ3) is 3.01. The monoisotopic (exact) mass is 316 g/mol. The van der Waals surface area contributed by atoms with E-state index < -0.39 is 10.0 Å². The average Bonchev–Trinajstić information content (AvgIpc) is 2.88. The van der Waals surface area contributed by atoms with Gasteiger partial charge in [0.25, 0.3) is 0 Å². The quantitative estimate of drug-likeness (QED) is 0.928. The van der Waals surface area contributed by atoms with Crippen LogP contribution in [0.4, 0.5) is 0 Å². The molecule has 0 saturated carbocycles. The Labute approximate surface area is 126 Å². The minimum Gasteiger partial charge on any atom is -0.316 e. The Morgan fingerprint density at radius 2 is 2.10 bits per heavy atom. The molecule has 1 saturated heterocycles. The average molecular weight is 317 g/mol. The van der Waals surface area contributed by atoms with Gasteiger partial charge in [0.1, 0.15) is 4.90 Å². The molecule has 1 aliphatic heterocycles. The lowest BCUT2D eigenvalue weighted by atomic mass is 10.0. The van der Waals surface area contributed by atoms with Crippen molar-refractivity contribution in [3.8, 4) is 0 Å². The lowest BCUT2D eigenvalue weighted by Gasteiger charge is -2.18. The molecule has 1 fully saturated rings. The van der Waals surface area contributed by atoms with Crippen molar-refractivity contribution in [1.29, 1.82) is 0 Å². The summed E-state index contributed by atoms with van der Waals surface area (Å²) in [5.74, 6) is 0.268. The Balaban J connectivity index is 2.37. The summed E-state index contributed by atoms with van der Waals surface area (Å²) >= 11 is 6.11. The molecule has 6 heteroatoms. The van der Waals surface area contributed by atoms with Gasteiger partial charge < -0.3 is 5.32 Å². The van der Waals surface area contributed by atoms with Crippen molar-refractivity contribution in [2.45, 2.75) is 37.1 Å². The van der Waals surface area contributed by atoms with E-state index >= 15 is 0 Å². The molecule has 1 unspecified atom stereocenters. The Hall–Kier alpha value is -0.620. The first-order valence-electron chi connectivity index (χ1n) is 6.83. The van der Waals surface area contributed by atoms with E-state index in [1.165, 1.54) is 4.31 Å². The number of sulfonamides is 1. The van der Waals surface area contributed by atoms with Crippen LogP contribution in [0.25, 0.3) is 0 Å². The number of nitrogens with one attached hydrogen (secondary N) is 1. The number of likely N-dealkylation sites (N-methyl/N-ethyl adjacent to an activating group) is 1. The summed E-state index contributed by atoms with van der Waals surface area (Å²) in [6.45, 7) is 5.11. The highest BCUT2D eigenvalue weighted by molar-refractivity contribution is 7.89. The highest BCUT2D eigenvalue weighted by Crippen LogP contribution is 2.30. The first-order chi connectivity index (χ1) is 9.36. The summed E-state index contributed by atoms with van der Waals surface area (Å²) in [4.78, 5) is 0.224. The molecule has 0 bridgehead atoms. The largest absolute Gasteiger partial charge is 0.316 e. The van der Waals surface area contributed by atoms with Crippen LogP contribution in [-0.2, 0) is 10.0 Å². The molecule has 0 aliphatic carbocycles. The number of hydrogen-bond acceptors (Lipinski definition) is 3. The van der Waals surface area contributed by atoms with E-state index in [0.717, 1.165) is 12.0 Å². The smallest absolute Gasteiger partial charge is 0.244 e. The number of halogens is 1. The van der Waals surface area contributed by atoms with Crippen LogP contribution < -0.4 is 5.32 Å². The van der Waals surface area contributed by atoms with E-state index in [4.69, 9.17) is 11.6 Å². The molecular weight excluding hydrogens is 296 g/mol. The van der Waals surface area contributed by atoms with Crippen molar-refractivity contribution in [2.24, 2.45) is 0 Å². The Kier molecular flexibility index (Phi) is 4.74. The topological polar surface area (TPSA) is 49.4 Å². The third-order valence-corrected chi connectivity index (χ3v) is 6.15. The van der Waals surface area contributed by atoms with Gasteiger partial charge >= 0.3 is 0 Å². The fourth-order valence-corrected chi connectivity index (χ4v) is 4.41. The molecular formula is C14H21ClN2O2S. The third-order valence-electron chi connectivity index (χ3n) is 3.80. The molecule has 112 valence electrons. The van der Waals surface area contributed by atoms with Crippen LogP contribution in [-0.4, -0.2) is 38.9 Å². The van der Waals surface area contributed by atoms with Crippen molar-refractivity contribution in [2.75, 3.05) is 20.1 Å². The van der Waals surface area contributed by atoms with Crippen LogP contribution in [0.3, 0.4) is 0 Å². The zero-order valence-corrected chi connectivity index (χ0v) is 13.6. The van der Waals surface area contributed by atoms with Crippen molar-refractivity contribution in [1.82, 2.24) is 9.62 Å². The zero-order valence-electron chi connectivity index (χ0n) is 12.1. The zero-order chi connectivity index (χ0) is 14.9. The van der Waals surface area contributed by atoms with Crippen LogP contribution >= 0.6 is 11.6 Å². The number of benzene rings is 1. The molecule has 1 atom stereocenters. The minimum atomic E-state index is -3.51. The lowest BCUT2D eigenvalue weighted by molar-refractivity contribution is 0.464. The Morgan fingerprint density at radius 1 is 1.40 bits per heavy atom. The number of nitrogens with zero attached hydrogens (tertiary/aromatic N) is 1. The standard InChI is InChI=1S/C14H21ClN2O2S/c1-10(2)11-4-5-13(15)14(8-11)20(18,19)17-7-6-12(9-17)16-3/h4-5,8,10,12,16H,6-7,9H2,1-3H3. The second-order valence-corrected chi connectivity index (χ2v) is 7.80. The fourth-order valence-electron chi connectivity index (χ4n) is 2.40. The first-order valence-corrected chi connectivity index (χ1v) is 8.65. The van der Waals surface area contributed by atoms with E-state index in [2.05, 4.69) is 5.32 Å². The number of rotatable bonds is 4. The molecule has 1 aromatic carbocycles. The molecule has 1 N–H and O–H groups in total. The van der Waals surface area contributed by atoms with Crippen molar-refractivity contribution >= 4 is 21.6 Å². The molecule has 2 rings (SSSR count). The molecule has 1 aromatic rings. The maximum Gasteiger partial charge on any atom is 0.244 e. The van der Waals surface area contributed by atoms with Crippen molar-refractivity contribution < 1.29 is 8.42 Å². The molecule has 0 amide bonds. The maximum atomic E-state index is 12.7. The molecule has 0 aromatic heterocycles. The van der Waals surface area contributed by atoms with Crippen LogP contribution in [0.5, 0.6) is 0 Å². The highest BCUT2D eigenvalue weighted by Gasteiger charge is 2.33. The summed E-state index contributed by atoms with van der Waals surface area (Å²) in [5, 5.41) is 3.42. The number of hydrogen-bond donors (Lipinski definition) is 1. The van der Waals surface area contributed by atoms with Gasteiger partial charge in [-0.25, -0.2) is 8.42 Å². The Morgan fingerprint density at radius 3 is 2.65 bits per heavy atom. The highest BCUT2D eigenvalue weighted by atomic mass is 35.5. The predicted octanol–water partition coefficient (Wildman–Crippen LogP) is 2.45. The van der Waals surface area contributed by atoms with Crippen LogP contribution in [0, 0.1) is 0 Å². The molecule has 4 nitrogen and oxygen atoms in total. The van der Waals surface area contributed by atoms with Crippen LogP contribution in [0.1, 0.15) is 31.7 Å². The Bertz CT molecular complexity index is 587. The van der Waals surface area contributed by atoms with E-state index in [1.54, 1.807) is 12.1 Å². The first kappa shape index (κ1) is 15.8. The summed E-state index contributed by atoms with van der Waals surface area (Å²) in [5.41, 5.74) is 0.984. The molecule has 0 radical (unpaired) electrons. The second-order valence-electron chi connectivity index (χ2n) is 5.48.